The van der Waals surface area contributed by atoms with Gasteiger partial charge in [0.25, 0.3) is 11.8 Å². The van der Waals surface area contributed by atoms with Crippen LogP contribution >= 0.6 is 15.9 Å². The number of halogens is 1. The Morgan fingerprint density at radius 2 is 1.82 bits per heavy atom. The molecule has 1 heterocycles. The van der Waals surface area contributed by atoms with Crippen LogP contribution in [-0.4, -0.2) is 31.1 Å². The van der Waals surface area contributed by atoms with Crippen LogP contribution in [0.2, 0.25) is 0 Å². The molecule has 1 fully saturated rings. The highest BCUT2D eigenvalue weighted by Crippen LogP contribution is 2.28. The van der Waals surface area contributed by atoms with Crippen molar-refractivity contribution in [2.45, 2.75) is 31.9 Å². The first-order valence-corrected chi connectivity index (χ1v) is 12.1. The van der Waals surface area contributed by atoms with Crippen molar-refractivity contribution < 1.29 is 19.1 Å². The van der Waals surface area contributed by atoms with Gasteiger partial charge >= 0.3 is 0 Å². The largest absolute Gasteiger partial charge is 0.490 e. The molecule has 176 valence electrons. The Bertz CT molecular complexity index is 1150. The quantitative estimate of drug-likeness (QED) is 0.394. The maximum absolute atomic E-state index is 13.0. The second-order valence-electron chi connectivity index (χ2n) is 8.20. The van der Waals surface area contributed by atoms with E-state index in [1.54, 1.807) is 42.5 Å². The summed E-state index contributed by atoms with van der Waals surface area (Å²) in [5.74, 6) is 0.0794. The lowest BCUT2D eigenvalue weighted by molar-refractivity contribution is 0.0677. The Morgan fingerprint density at radius 3 is 2.56 bits per heavy atom. The van der Waals surface area contributed by atoms with Gasteiger partial charge < -0.3 is 20.1 Å². The van der Waals surface area contributed by atoms with Crippen molar-refractivity contribution in [2.75, 3.05) is 18.5 Å². The highest BCUT2D eigenvalue weighted by Gasteiger charge is 2.19. The summed E-state index contributed by atoms with van der Waals surface area (Å²) in [5.41, 5.74) is 2.29. The normalized spacial score (nSPS) is 16.0. The maximum atomic E-state index is 13.0. The third-order valence-electron chi connectivity index (χ3n) is 5.71. The summed E-state index contributed by atoms with van der Waals surface area (Å²) in [6.45, 7) is 3.18. The molecule has 2 unspecified atom stereocenters. The SMILES string of the molecule is CC(NC(=O)c1ccccc1NC(=O)c1ccc(OCC2CCCO2)c(Br)c1)c1ccccc1. The molecule has 0 aliphatic carbocycles. The molecule has 3 aromatic rings. The molecule has 4 rings (SSSR count). The molecule has 1 aliphatic heterocycles. The molecule has 34 heavy (non-hydrogen) atoms. The fraction of sp³-hybridized carbons (Fsp3) is 0.259. The fourth-order valence-electron chi connectivity index (χ4n) is 3.80. The van der Waals surface area contributed by atoms with E-state index in [9.17, 15) is 9.59 Å². The third-order valence-corrected chi connectivity index (χ3v) is 6.33. The number of nitrogens with one attached hydrogen (secondary N) is 2. The first-order chi connectivity index (χ1) is 16.5. The van der Waals surface area contributed by atoms with E-state index in [-0.39, 0.29) is 24.0 Å². The molecule has 2 amide bonds. The zero-order valence-corrected chi connectivity index (χ0v) is 20.5. The van der Waals surface area contributed by atoms with Crippen molar-refractivity contribution >= 4 is 33.4 Å². The summed E-state index contributed by atoms with van der Waals surface area (Å²) in [7, 11) is 0. The fourth-order valence-corrected chi connectivity index (χ4v) is 4.29. The van der Waals surface area contributed by atoms with Gasteiger partial charge in [0, 0.05) is 12.2 Å². The zero-order chi connectivity index (χ0) is 23.9. The van der Waals surface area contributed by atoms with Crippen LogP contribution in [-0.2, 0) is 4.74 Å². The van der Waals surface area contributed by atoms with Crippen molar-refractivity contribution in [1.82, 2.24) is 5.32 Å². The van der Waals surface area contributed by atoms with Crippen LogP contribution in [0.3, 0.4) is 0 Å². The van der Waals surface area contributed by atoms with Crippen LogP contribution in [0.15, 0.2) is 77.3 Å². The van der Waals surface area contributed by atoms with E-state index in [0.29, 0.717) is 33.6 Å². The molecule has 2 N–H and O–H groups in total. The number of carbonyl (C=O) groups excluding carboxylic acids is 2. The first kappa shape index (κ1) is 24.0. The molecule has 0 radical (unpaired) electrons. The summed E-state index contributed by atoms with van der Waals surface area (Å²) in [6, 6.07) is 21.7. The van der Waals surface area contributed by atoms with Crippen LogP contribution in [0.5, 0.6) is 5.75 Å². The number of ether oxygens (including phenoxy) is 2. The van der Waals surface area contributed by atoms with E-state index < -0.39 is 0 Å². The highest BCUT2D eigenvalue weighted by atomic mass is 79.9. The molecule has 0 spiro atoms. The molecule has 1 aliphatic rings. The highest BCUT2D eigenvalue weighted by molar-refractivity contribution is 9.10. The van der Waals surface area contributed by atoms with Gasteiger partial charge in [-0.05, 0) is 71.6 Å². The monoisotopic (exact) mass is 522 g/mol. The van der Waals surface area contributed by atoms with Crippen molar-refractivity contribution in [2.24, 2.45) is 0 Å². The second kappa shape index (κ2) is 11.3. The van der Waals surface area contributed by atoms with Gasteiger partial charge in [-0.1, -0.05) is 42.5 Å². The zero-order valence-electron chi connectivity index (χ0n) is 18.9. The number of rotatable bonds is 8. The van der Waals surface area contributed by atoms with E-state index in [2.05, 4.69) is 26.6 Å². The number of anilines is 1. The molecule has 6 nitrogen and oxygen atoms in total. The van der Waals surface area contributed by atoms with Gasteiger partial charge in [0.05, 0.1) is 27.9 Å². The third kappa shape index (κ3) is 6.04. The lowest BCUT2D eigenvalue weighted by Crippen LogP contribution is -2.28. The van der Waals surface area contributed by atoms with E-state index in [0.717, 1.165) is 25.0 Å². The Morgan fingerprint density at radius 1 is 1.06 bits per heavy atom. The van der Waals surface area contributed by atoms with Crippen molar-refractivity contribution in [3.63, 3.8) is 0 Å². The summed E-state index contributed by atoms with van der Waals surface area (Å²) >= 11 is 3.49. The minimum Gasteiger partial charge on any atom is -0.490 e. The topological polar surface area (TPSA) is 76.7 Å². The van der Waals surface area contributed by atoms with E-state index in [1.807, 2.05) is 37.3 Å². The molecular formula is C27H27BrN2O4. The lowest BCUT2D eigenvalue weighted by Gasteiger charge is -2.17. The van der Waals surface area contributed by atoms with Crippen LogP contribution in [0.1, 0.15) is 52.1 Å². The molecular weight excluding hydrogens is 496 g/mol. The molecule has 0 saturated carbocycles. The van der Waals surface area contributed by atoms with Crippen LogP contribution < -0.4 is 15.4 Å². The summed E-state index contributed by atoms with van der Waals surface area (Å²) in [6.07, 6.45) is 2.16. The van der Waals surface area contributed by atoms with E-state index in [1.165, 1.54) is 0 Å². The van der Waals surface area contributed by atoms with Gasteiger partial charge in [0.15, 0.2) is 0 Å². The average Bonchev–Trinajstić information content (AvgIpc) is 3.38. The van der Waals surface area contributed by atoms with Crippen LogP contribution in [0, 0.1) is 0 Å². The Balaban J connectivity index is 1.42. The minimum absolute atomic E-state index is 0.113. The Hall–Kier alpha value is -3.16. The van der Waals surface area contributed by atoms with Gasteiger partial charge in [-0.2, -0.15) is 0 Å². The molecule has 1 saturated heterocycles. The molecule has 0 aromatic heterocycles. The van der Waals surface area contributed by atoms with E-state index in [4.69, 9.17) is 9.47 Å². The van der Waals surface area contributed by atoms with Crippen molar-refractivity contribution in [3.8, 4) is 5.75 Å². The average molecular weight is 523 g/mol. The number of para-hydroxylation sites is 1. The Kier molecular flexibility index (Phi) is 7.98. The van der Waals surface area contributed by atoms with E-state index >= 15 is 0 Å². The summed E-state index contributed by atoms with van der Waals surface area (Å²) < 4.78 is 12.1. The second-order valence-corrected chi connectivity index (χ2v) is 9.05. The summed E-state index contributed by atoms with van der Waals surface area (Å²) in [4.78, 5) is 25.9. The number of hydrogen-bond acceptors (Lipinski definition) is 4. The van der Waals surface area contributed by atoms with Gasteiger partial charge in [-0.3, -0.25) is 9.59 Å². The number of carbonyl (C=O) groups is 2. The molecule has 0 bridgehead atoms. The van der Waals surface area contributed by atoms with Gasteiger partial charge in [-0.25, -0.2) is 0 Å². The number of hydrogen-bond donors (Lipinski definition) is 2. The summed E-state index contributed by atoms with van der Waals surface area (Å²) in [5, 5.41) is 5.86. The van der Waals surface area contributed by atoms with Crippen molar-refractivity contribution in [1.29, 1.82) is 0 Å². The first-order valence-electron chi connectivity index (χ1n) is 11.3. The number of benzene rings is 3. The lowest BCUT2D eigenvalue weighted by atomic mass is 10.1. The predicted octanol–water partition coefficient (Wildman–Crippen LogP) is 5.75. The van der Waals surface area contributed by atoms with Crippen LogP contribution in [0.4, 0.5) is 5.69 Å². The molecule has 7 heteroatoms. The smallest absolute Gasteiger partial charge is 0.255 e. The molecule has 3 aromatic carbocycles. The standard InChI is InChI=1S/C27H27BrN2O4/c1-18(19-8-3-2-4-9-19)29-27(32)22-11-5-6-12-24(22)30-26(31)20-13-14-25(23(28)16-20)34-17-21-10-7-15-33-21/h2-6,8-9,11-14,16,18,21H,7,10,15,17H2,1H3,(H,29,32)(H,30,31). The van der Waals surface area contributed by atoms with Gasteiger partial charge in [0.2, 0.25) is 0 Å². The van der Waals surface area contributed by atoms with Gasteiger partial charge in [-0.15, -0.1) is 0 Å². The molecule has 2 atom stereocenters. The Labute approximate surface area is 207 Å². The van der Waals surface area contributed by atoms with Crippen molar-refractivity contribution in [3.05, 3.63) is 94.0 Å². The number of amides is 2. The van der Waals surface area contributed by atoms with Crippen LogP contribution in [0.25, 0.3) is 0 Å². The minimum atomic E-state index is -0.317. The predicted molar refractivity (Wildman–Crippen MR) is 135 cm³/mol. The van der Waals surface area contributed by atoms with Gasteiger partial charge in [0.1, 0.15) is 12.4 Å². The maximum Gasteiger partial charge on any atom is 0.255 e.